The molecule has 1 atom stereocenters. The molecule has 1 aliphatic heterocycles. The number of rotatable bonds is 8. The first-order valence-corrected chi connectivity index (χ1v) is 10.7. The molecule has 1 fully saturated rings. The third-order valence-corrected chi connectivity index (χ3v) is 6.65. The number of ether oxygens (including phenoxy) is 2. The lowest BCUT2D eigenvalue weighted by Crippen LogP contribution is -2.45. The SMILES string of the molecule is COc1ccc(OC)c(S(=O)(=O)N2CCC[C@@H](C(=O)NCCC(C)C)C2)c1. The average molecular weight is 399 g/mol. The summed E-state index contributed by atoms with van der Waals surface area (Å²) in [7, 11) is -0.874. The van der Waals surface area contributed by atoms with Crippen LogP contribution in [0.4, 0.5) is 0 Å². The highest BCUT2D eigenvalue weighted by Crippen LogP contribution is 2.32. The molecule has 1 aromatic carbocycles. The first-order chi connectivity index (χ1) is 12.8. The van der Waals surface area contributed by atoms with E-state index in [4.69, 9.17) is 9.47 Å². The van der Waals surface area contributed by atoms with Crippen LogP contribution in [-0.2, 0) is 14.8 Å². The van der Waals surface area contributed by atoms with E-state index in [1.54, 1.807) is 12.1 Å². The number of nitrogens with zero attached hydrogens (tertiary/aromatic N) is 1. The molecule has 1 aliphatic rings. The Morgan fingerprint density at radius 3 is 2.67 bits per heavy atom. The Bertz CT molecular complexity index is 748. The normalized spacial score (nSPS) is 18.3. The van der Waals surface area contributed by atoms with Crippen molar-refractivity contribution in [1.82, 2.24) is 9.62 Å². The summed E-state index contributed by atoms with van der Waals surface area (Å²) in [5.74, 6) is 0.799. The fourth-order valence-corrected chi connectivity index (χ4v) is 4.82. The van der Waals surface area contributed by atoms with Gasteiger partial charge in [0, 0.05) is 25.7 Å². The molecule has 0 aromatic heterocycles. The van der Waals surface area contributed by atoms with Crippen molar-refractivity contribution in [1.29, 1.82) is 0 Å². The monoisotopic (exact) mass is 398 g/mol. The minimum absolute atomic E-state index is 0.0604. The molecule has 1 N–H and O–H groups in total. The molecule has 0 saturated carbocycles. The zero-order chi connectivity index (χ0) is 20.0. The van der Waals surface area contributed by atoms with Crippen LogP contribution in [-0.4, -0.2) is 52.5 Å². The fourth-order valence-electron chi connectivity index (χ4n) is 3.13. The summed E-state index contributed by atoms with van der Waals surface area (Å²) in [5.41, 5.74) is 0. The van der Waals surface area contributed by atoms with Crippen molar-refractivity contribution in [3.8, 4) is 11.5 Å². The number of amides is 1. The molecule has 1 amide bonds. The van der Waals surface area contributed by atoms with Gasteiger partial charge in [0.05, 0.1) is 20.1 Å². The molecule has 2 rings (SSSR count). The van der Waals surface area contributed by atoms with Crippen molar-refractivity contribution in [2.24, 2.45) is 11.8 Å². The van der Waals surface area contributed by atoms with Gasteiger partial charge in [-0.25, -0.2) is 8.42 Å². The molecule has 27 heavy (non-hydrogen) atoms. The third-order valence-electron chi connectivity index (χ3n) is 4.76. The van der Waals surface area contributed by atoms with Gasteiger partial charge in [0.2, 0.25) is 15.9 Å². The predicted octanol–water partition coefficient (Wildman–Crippen LogP) is 2.27. The van der Waals surface area contributed by atoms with Gasteiger partial charge in [-0.2, -0.15) is 4.31 Å². The lowest BCUT2D eigenvalue weighted by molar-refractivity contribution is -0.126. The van der Waals surface area contributed by atoms with E-state index in [0.29, 0.717) is 37.6 Å². The van der Waals surface area contributed by atoms with Crippen LogP contribution in [0.2, 0.25) is 0 Å². The summed E-state index contributed by atoms with van der Waals surface area (Å²) in [4.78, 5) is 12.5. The summed E-state index contributed by atoms with van der Waals surface area (Å²) in [6.07, 6.45) is 2.24. The van der Waals surface area contributed by atoms with Gasteiger partial charge in [0.15, 0.2) is 0 Å². The zero-order valence-corrected chi connectivity index (χ0v) is 17.3. The number of methoxy groups -OCH3 is 2. The number of hydrogen-bond donors (Lipinski definition) is 1. The minimum atomic E-state index is -3.79. The zero-order valence-electron chi connectivity index (χ0n) is 16.5. The van der Waals surface area contributed by atoms with Gasteiger partial charge in [-0.15, -0.1) is 0 Å². The number of piperidine rings is 1. The summed E-state index contributed by atoms with van der Waals surface area (Å²) in [6.45, 7) is 5.38. The van der Waals surface area contributed by atoms with E-state index in [2.05, 4.69) is 19.2 Å². The van der Waals surface area contributed by atoms with E-state index in [9.17, 15) is 13.2 Å². The molecular formula is C19H30N2O5S. The van der Waals surface area contributed by atoms with Crippen LogP contribution in [0.3, 0.4) is 0 Å². The summed E-state index contributed by atoms with van der Waals surface area (Å²) >= 11 is 0. The van der Waals surface area contributed by atoms with Crippen molar-refractivity contribution < 1.29 is 22.7 Å². The number of nitrogens with one attached hydrogen (secondary N) is 1. The Kier molecular flexibility index (Phi) is 7.49. The predicted molar refractivity (Wildman–Crippen MR) is 103 cm³/mol. The second-order valence-electron chi connectivity index (χ2n) is 7.19. The van der Waals surface area contributed by atoms with E-state index in [1.807, 2.05) is 0 Å². The molecule has 7 nitrogen and oxygen atoms in total. The highest BCUT2D eigenvalue weighted by molar-refractivity contribution is 7.89. The Morgan fingerprint density at radius 2 is 2.04 bits per heavy atom. The molecule has 8 heteroatoms. The van der Waals surface area contributed by atoms with Gasteiger partial charge in [-0.1, -0.05) is 13.8 Å². The van der Waals surface area contributed by atoms with E-state index in [-0.39, 0.29) is 29.0 Å². The van der Waals surface area contributed by atoms with Gasteiger partial charge in [0.1, 0.15) is 16.4 Å². The average Bonchev–Trinajstić information content (AvgIpc) is 2.67. The topological polar surface area (TPSA) is 84.9 Å². The van der Waals surface area contributed by atoms with E-state index < -0.39 is 10.0 Å². The maximum Gasteiger partial charge on any atom is 0.246 e. The first-order valence-electron chi connectivity index (χ1n) is 9.29. The standard InChI is InChI=1S/C19H30N2O5S/c1-14(2)9-10-20-19(22)15-6-5-11-21(13-15)27(23,24)18-12-16(25-3)7-8-17(18)26-4/h7-8,12,14-15H,5-6,9-11,13H2,1-4H3,(H,20,22)/t15-/m1/s1. The van der Waals surface area contributed by atoms with Crippen molar-refractivity contribution >= 4 is 15.9 Å². The highest BCUT2D eigenvalue weighted by atomic mass is 32.2. The van der Waals surface area contributed by atoms with Crippen LogP contribution in [0.25, 0.3) is 0 Å². The Balaban J connectivity index is 2.16. The molecule has 152 valence electrons. The lowest BCUT2D eigenvalue weighted by Gasteiger charge is -2.31. The van der Waals surface area contributed by atoms with Crippen molar-refractivity contribution in [3.63, 3.8) is 0 Å². The van der Waals surface area contributed by atoms with Crippen molar-refractivity contribution in [3.05, 3.63) is 18.2 Å². The van der Waals surface area contributed by atoms with Crippen LogP contribution in [0, 0.1) is 11.8 Å². The van der Waals surface area contributed by atoms with Gasteiger partial charge in [0.25, 0.3) is 0 Å². The van der Waals surface area contributed by atoms with Gasteiger partial charge < -0.3 is 14.8 Å². The highest BCUT2D eigenvalue weighted by Gasteiger charge is 2.35. The number of hydrogen-bond acceptors (Lipinski definition) is 5. The molecule has 0 spiro atoms. The number of carbonyl (C=O) groups is 1. The molecule has 0 unspecified atom stereocenters. The van der Waals surface area contributed by atoms with Crippen LogP contribution < -0.4 is 14.8 Å². The largest absolute Gasteiger partial charge is 0.497 e. The molecular weight excluding hydrogens is 368 g/mol. The molecule has 0 bridgehead atoms. The quantitative estimate of drug-likeness (QED) is 0.726. The Hall–Kier alpha value is -1.80. The molecule has 1 aromatic rings. The summed E-state index contributed by atoms with van der Waals surface area (Å²) in [6, 6.07) is 4.69. The number of carbonyl (C=O) groups excluding carboxylic acids is 1. The number of benzene rings is 1. The molecule has 1 saturated heterocycles. The van der Waals surface area contributed by atoms with Gasteiger partial charge in [-0.05, 0) is 37.3 Å². The smallest absolute Gasteiger partial charge is 0.246 e. The molecule has 0 aliphatic carbocycles. The Morgan fingerprint density at radius 1 is 1.30 bits per heavy atom. The second-order valence-corrected chi connectivity index (χ2v) is 9.10. The van der Waals surface area contributed by atoms with Crippen LogP contribution in [0.15, 0.2) is 23.1 Å². The van der Waals surface area contributed by atoms with E-state index in [1.165, 1.54) is 24.6 Å². The van der Waals surface area contributed by atoms with Gasteiger partial charge >= 0.3 is 0 Å². The van der Waals surface area contributed by atoms with E-state index >= 15 is 0 Å². The maximum atomic E-state index is 13.2. The van der Waals surface area contributed by atoms with E-state index in [0.717, 1.165) is 6.42 Å². The second kappa shape index (κ2) is 9.41. The van der Waals surface area contributed by atoms with Crippen molar-refractivity contribution in [2.75, 3.05) is 33.9 Å². The minimum Gasteiger partial charge on any atom is -0.497 e. The molecule has 1 heterocycles. The van der Waals surface area contributed by atoms with Crippen LogP contribution >= 0.6 is 0 Å². The van der Waals surface area contributed by atoms with Crippen molar-refractivity contribution in [2.45, 2.75) is 38.0 Å². The van der Waals surface area contributed by atoms with Crippen LogP contribution in [0.5, 0.6) is 11.5 Å². The molecule has 0 radical (unpaired) electrons. The summed E-state index contributed by atoms with van der Waals surface area (Å²) < 4.78 is 38.1. The first kappa shape index (κ1) is 21.5. The number of sulfonamides is 1. The summed E-state index contributed by atoms with van der Waals surface area (Å²) in [5, 5.41) is 2.93. The maximum absolute atomic E-state index is 13.2. The third kappa shape index (κ3) is 5.35. The van der Waals surface area contributed by atoms with Crippen LogP contribution in [0.1, 0.15) is 33.1 Å². The lowest BCUT2D eigenvalue weighted by atomic mass is 9.98. The fraction of sp³-hybridized carbons (Fsp3) is 0.632. The Labute approximate surface area is 162 Å². The van der Waals surface area contributed by atoms with Gasteiger partial charge in [-0.3, -0.25) is 4.79 Å².